The van der Waals surface area contributed by atoms with E-state index in [1.54, 1.807) is 0 Å². The van der Waals surface area contributed by atoms with E-state index in [2.05, 4.69) is 16.7 Å². The van der Waals surface area contributed by atoms with Crippen LogP contribution >= 0.6 is 0 Å². The van der Waals surface area contributed by atoms with Gasteiger partial charge in [-0.25, -0.2) is 0 Å². The number of nitrogens with two attached hydrogens (primary N) is 1. The van der Waals surface area contributed by atoms with Crippen molar-refractivity contribution in [2.45, 2.75) is 26.3 Å². The Labute approximate surface area is 102 Å². The summed E-state index contributed by atoms with van der Waals surface area (Å²) in [5.41, 5.74) is 9.80. The van der Waals surface area contributed by atoms with Gasteiger partial charge in [-0.2, -0.15) is 0 Å². The number of rotatable bonds is 4. The van der Waals surface area contributed by atoms with Crippen molar-refractivity contribution in [3.8, 4) is 0 Å². The first-order chi connectivity index (χ1) is 8.13. The van der Waals surface area contributed by atoms with Gasteiger partial charge in [0.05, 0.1) is 0 Å². The van der Waals surface area contributed by atoms with Gasteiger partial charge in [-0.05, 0) is 50.6 Å². The quantitative estimate of drug-likeness (QED) is 0.685. The normalized spacial score (nSPS) is 18.1. The number of carbonyl (C=O) groups is 1. The molecule has 0 aliphatic carbocycles. The third-order valence-corrected chi connectivity index (χ3v) is 3.07. The van der Waals surface area contributed by atoms with Crippen LogP contribution < -0.4 is 16.4 Å². The van der Waals surface area contributed by atoms with E-state index < -0.39 is 0 Å². The third kappa shape index (κ3) is 2.33. The summed E-state index contributed by atoms with van der Waals surface area (Å²) < 4.78 is 0. The summed E-state index contributed by atoms with van der Waals surface area (Å²) in [6.45, 7) is 5.49. The van der Waals surface area contributed by atoms with Crippen molar-refractivity contribution in [3.63, 3.8) is 0 Å². The fourth-order valence-corrected chi connectivity index (χ4v) is 2.34. The molecule has 4 N–H and O–H groups in total. The second-order valence-electron chi connectivity index (χ2n) is 4.56. The van der Waals surface area contributed by atoms with E-state index in [0.717, 1.165) is 29.8 Å². The van der Waals surface area contributed by atoms with E-state index in [0.29, 0.717) is 6.54 Å². The van der Waals surface area contributed by atoms with Crippen LogP contribution in [0.15, 0.2) is 12.1 Å². The monoisotopic (exact) mass is 233 g/mol. The maximum absolute atomic E-state index is 11.9. The zero-order valence-corrected chi connectivity index (χ0v) is 10.3. The number of anilines is 1. The predicted molar refractivity (Wildman–Crippen MR) is 69.0 cm³/mol. The maximum atomic E-state index is 11.9. The molecule has 1 aromatic rings. The van der Waals surface area contributed by atoms with E-state index in [-0.39, 0.29) is 11.9 Å². The van der Waals surface area contributed by atoms with E-state index in [9.17, 15) is 4.79 Å². The van der Waals surface area contributed by atoms with Gasteiger partial charge < -0.3 is 16.4 Å². The summed E-state index contributed by atoms with van der Waals surface area (Å²) in [6, 6.07) is 3.90. The lowest BCUT2D eigenvalue weighted by molar-refractivity contribution is -0.117. The molecule has 0 fully saturated rings. The lowest BCUT2D eigenvalue weighted by Crippen LogP contribution is -2.29. The van der Waals surface area contributed by atoms with Crippen LogP contribution in [0.25, 0.3) is 0 Å². The lowest BCUT2D eigenvalue weighted by Gasteiger charge is -2.13. The molecule has 92 valence electrons. The Kier molecular flexibility index (Phi) is 3.45. The van der Waals surface area contributed by atoms with Gasteiger partial charge in [0.25, 0.3) is 0 Å². The average Bonchev–Trinajstić information content (AvgIpc) is 2.55. The molecule has 0 saturated carbocycles. The number of nitrogens with one attached hydrogen (secondary N) is 2. The van der Waals surface area contributed by atoms with Crippen molar-refractivity contribution < 1.29 is 4.79 Å². The lowest BCUT2D eigenvalue weighted by atomic mass is 10.00. The zero-order chi connectivity index (χ0) is 12.4. The van der Waals surface area contributed by atoms with E-state index in [1.165, 1.54) is 5.56 Å². The second kappa shape index (κ2) is 4.85. The molecule has 0 radical (unpaired) electrons. The molecule has 17 heavy (non-hydrogen) atoms. The number of amides is 1. The molecule has 0 saturated heterocycles. The standard InChI is InChI=1S/C13H19N3O/c1-8-6-9(2)11-10(7-8)16-13(17)12(11)15-5-3-4-14/h6-7,12,15H,3-5,14H2,1-2H3,(H,16,17). The molecule has 1 amide bonds. The van der Waals surface area contributed by atoms with E-state index in [4.69, 9.17) is 5.73 Å². The molecule has 1 atom stereocenters. The van der Waals surface area contributed by atoms with Crippen molar-refractivity contribution in [3.05, 3.63) is 28.8 Å². The molecule has 0 spiro atoms. The number of aryl methyl sites for hydroxylation is 2. The van der Waals surface area contributed by atoms with Crippen molar-refractivity contribution in [1.82, 2.24) is 5.32 Å². The Morgan fingerprint density at radius 1 is 1.41 bits per heavy atom. The van der Waals surface area contributed by atoms with Crippen LogP contribution in [0.1, 0.15) is 29.2 Å². The van der Waals surface area contributed by atoms with Gasteiger partial charge in [0.15, 0.2) is 0 Å². The highest BCUT2D eigenvalue weighted by Gasteiger charge is 2.31. The summed E-state index contributed by atoms with van der Waals surface area (Å²) in [4.78, 5) is 11.9. The van der Waals surface area contributed by atoms with Crippen LogP contribution in [0.2, 0.25) is 0 Å². The van der Waals surface area contributed by atoms with Crippen molar-refractivity contribution in [2.75, 3.05) is 18.4 Å². The second-order valence-corrected chi connectivity index (χ2v) is 4.56. The van der Waals surface area contributed by atoms with Crippen LogP contribution in [0.4, 0.5) is 5.69 Å². The minimum atomic E-state index is -0.225. The molecule has 4 nitrogen and oxygen atoms in total. The number of carbonyl (C=O) groups excluding carboxylic acids is 1. The van der Waals surface area contributed by atoms with Gasteiger partial charge >= 0.3 is 0 Å². The molecular weight excluding hydrogens is 214 g/mol. The van der Waals surface area contributed by atoms with Gasteiger partial charge in [0.2, 0.25) is 5.91 Å². The molecule has 1 aliphatic rings. The Bertz CT molecular complexity index is 443. The van der Waals surface area contributed by atoms with Crippen molar-refractivity contribution in [1.29, 1.82) is 0 Å². The smallest absolute Gasteiger partial charge is 0.246 e. The summed E-state index contributed by atoms with van der Waals surface area (Å²) in [5.74, 6) is 0.0331. The van der Waals surface area contributed by atoms with Crippen LogP contribution in [0, 0.1) is 13.8 Å². The minimum absolute atomic E-state index is 0.0331. The number of fused-ring (bicyclic) bond motifs is 1. The zero-order valence-electron chi connectivity index (χ0n) is 10.3. The van der Waals surface area contributed by atoms with Gasteiger partial charge in [-0.15, -0.1) is 0 Å². The van der Waals surface area contributed by atoms with Crippen LogP contribution in [-0.2, 0) is 4.79 Å². The summed E-state index contributed by atoms with van der Waals surface area (Å²) in [6.07, 6.45) is 0.879. The van der Waals surface area contributed by atoms with Crippen LogP contribution in [-0.4, -0.2) is 19.0 Å². The Balaban J connectivity index is 2.24. The molecule has 1 aliphatic heterocycles. The molecular formula is C13H19N3O. The first-order valence-electron chi connectivity index (χ1n) is 5.99. The third-order valence-electron chi connectivity index (χ3n) is 3.07. The van der Waals surface area contributed by atoms with Crippen molar-refractivity contribution in [2.24, 2.45) is 5.73 Å². The van der Waals surface area contributed by atoms with Crippen molar-refractivity contribution >= 4 is 11.6 Å². The number of benzene rings is 1. The molecule has 0 bridgehead atoms. The number of hydrogen-bond acceptors (Lipinski definition) is 3. The average molecular weight is 233 g/mol. The summed E-state index contributed by atoms with van der Waals surface area (Å²) >= 11 is 0. The van der Waals surface area contributed by atoms with Crippen LogP contribution in [0.5, 0.6) is 0 Å². The molecule has 0 aromatic heterocycles. The molecule has 1 unspecified atom stereocenters. The highest BCUT2D eigenvalue weighted by atomic mass is 16.2. The summed E-state index contributed by atoms with van der Waals surface area (Å²) in [7, 11) is 0. The minimum Gasteiger partial charge on any atom is -0.330 e. The van der Waals surface area contributed by atoms with Crippen LogP contribution in [0.3, 0.4) is 0 Å². The fourth-order valence-electron chi connectivity index (χ4n) is 2.34. The first-order valence-corrected chi connectivity index (χ1v) is 5.99. The van der Waals surface area contributed by atoms with Gasteiger partial charge in [-0.1, -0.05) is 6.07 Å². The summed E-state index contributed by atoms with van der Waals surface area (Å²) in [5, 5.41) is 6.18. The highest BCUT2D eigenvalue weighted by molar-refractivity contribution is 6.03. The Morgan fingerprint density at radius 3 is 2.88 bits per heavy atom. The topological polar surface area (TPSA) is 67.2 Å². The fraction of sp³-hybridized carbons (Fsp3) is 0.462. The van der Waals surface area contributed by atoms with Gasteiger partial charge in [0, 0.05) is 11.3 Å². The highest BCUT2D eigenvalue weighted by Crippen LogP contribution is 2.34. The molecule has 2 rings (SSSR count). The van der Waals surface area contributed by atoms with E-state index >= 15 is 0 Å². The molecule has 1 heterocycles. The Morgan fingerprint density at radius 2 is 2.18 bits per heavy atom. The van der Waals surface area contributed by atoms with E-state index in [1.807, 2.05) is 19.9 Å². The van der Waals surface area contributed by atoms with Gasteiger partial charge in [-0.3, -0.25) is 4.79 Å². The Hall–Kier alpha value is -1.39. The number of hydrogen-bond donors (Lipinski definition) is 3. The predicted octanol–water partition coefficient (Wildman–Crippen LogP) is 1.24. The first kappa shape index (κ1) is 12.1. The largest absolute Gasteiger partial charge is 0.330 e. The molecule has 1 aromatic carbocycles. The SMILES string of the molecule is Cc1cc(C)c2c(c1)NC(=O)C2NCCCN. The maximum Gasteiger partial charge on any atom is 0.246 e. The van der Waals surface area contributed by atoms with Gasteiger partial charge in [0.1, 0.15) is 6.04 Å². The molecule has 4 heteroatoms.